The zero-order chi connectivity index (χ0) is 26.1. The van der Waals surface area contributed by atoms with E-state index >= 15 is 0 Å². The summed E-state index contributed by atoms with van der Waals surface area (Å²) in [7, 11) is 3.03. The topological polar surface area (TPSA) is 106 Å². The van der Waals surface area contributed by atoms with E-state index in [0.29, 0.717) is 12.1 Å². The lowest BCUT2D eigenvalue weighted by atomic mass is 10.0. The minimum Gasteiger partial charge on any atom is -0.343 e. The first-order valence-corrected chi connectivity index (χ1v) is 9.73. The number of nitrogens with zero attached hydrogens (tertiary/aromatic N) is 6. The Bertz CT molecular complexity index is 1220. The van der Waals surface area contributed by atoms with Crippen LogP contribution in [-0.4, -0.2) is 55.5 Å². The van der Waals surface area contributed by atoms with E-state index in [0.717, 1.165) is 17.3 Å². The van der Waals surface area contributed by atoms with Crippen LogP contribution < -0.4 is 5.32 Å². The van der Waals surface area contributed by atoms with Crippen LogP contribution in [0.15, 0.2) is 36.9 Å². The van der Waals surface area contributed by atoms with Gasteiger partial charge >= 0.3 is 12.4 Å². The van der Waals surface area contributed by atoms with Crippen LogP contribution in [0.25, 0.3) is 5.82 Å². The average Bonchev–Trinajstić information content (AvgIpc) is 3.27. The first-order valence-electron chi connectivity index (χ1n) is 9.73. The second kappa shape index (κ2) is 9.31. The number of amides is 2. The summed E-state index contributed by atoms with van der Waals surface area (Å²) in [6, 6.07) is 0.851. The monoisotopic (exact) mass is 501 g/mol. The lowest BCUT2D eigenvalue weighted by molar-refractivity contribution is -0.143. The Kier molecular flexibility index (Phi) is 6.80. The van der Waals surface area contributed by atoms with Crippen molar-refractivity contribution in [1.29, 1.82) is 0 Å². The van der Waals surface area contributed by atoms with Crippen LogP contribution in [0, 0.1) is 0 Å². The SMILES string of the molecule is C[C@H](NC(=O)c1cc(C(F)(F)F)cc(C(F)(F)F)c1)c1ncnn1-c1cc(C(=O)N(C)C)ncn1. The number of aromatic nitrogens is 5. The van der Waals surface area contributed by atoms with Crippen LogP contribution in [0.5, 0.6) is 0 Å². The van der Waals surface area contributed by atoms with E-state index in [1.807, 2.05) is 0 Å². The van der Waals surface area contributed by atoms with Gasteiger partial charge in [0, 0.05) is 25.7 Å². The Balaban J connectivity index is 1.91. The fourth-order valence-corrected chi connectivity index (χ4v) is 2.96. The van der Waals surface area contributed by atoms with Gasteiger partial charge in [-0.1, -0.05) is 0 Å². The lowest BCUT2D eigenvalue weighted by Gasteiger charge is -2.17. The zero-order valence-corrected chi connectivity index (χ0v) is 18.3. The molecule has 186 valence electrons. The van der Waals surface area contributed by atoms with Crippen molar-refractivity contribution in [2.45, 2.75) is 25.3 Å². The van der Waals surface area contributed by atoms with Gasteiger partial charge in [0.1, 0.15) is 18.3 Å². The van der Waals surface area contributed by atoms with Gasteiger partial charge in [-0.15, -0.1) is 0 Å². The van der Waals surface area contributed by atoms with Crippen LogP contribution in [-0.2, 0) is 12.4 Å². The van der Waals surface area contributed by atoms with Crippen molar-refractivity contribution in [3.05, 3.63) is 65.1 Å². The molecule has 9 nitrogen and oxygen atoms in total. The van der Waals surface area contributed by atoms with Gasteiger partial charge in [0.15, 0.2) is 11.6 Å². The van der Waals surface area contributed by atoms with Crippen molar-refractivity contribution in [3.63, 3.8) is 0 Å². The molecule has 0 unspecified atom stereocenters. The van der Waals surface area contributed by atoms with Gasteiger partial charge in [-0.2, -0.15) is 36.1 Å². The highest BCUT2D eigenvalue weighted by atomic mass is 19.4. The van der Waals surface area contributed by atoms with Gasteiger partial charge in [-0.3, -0.25) is 9.59 Å². The molecule has 35 heavy (non-hydrogen) atoms. The molecule has 15 heteroatoms. The second-order valence-corrected chi connectivity index (χ2v) is 7.48. The minimum absolute atomic E-state index is 0.0294. The Morgan fingerprint density at radius 2 is 1.51 bits per heavy atom. The lowest BCUT2D eigenvalue weighted by Crippen LogP contribution is -2.29. The molecule has 0 aliphatic carbocycles. The molecule has 2 heterocycles. The number of alkyl halides is 6. The van der Waals surface area contributed by atoms with Crippen molar-refractivity contribution in [3.8, 4) is 5.82 Å². The highest BCUT2D eigenvalue weighted by Crippen LogP contribution is 2.36. The fourth-order valence-electron chi connectivity index (χ4n) is 2.96. The van der Waals surface area contributed by atoms with Gasteiger partial charge in [-0.05, 0) is 25.1 Å². The Morgan fingerprint density at radius 3 is 2.06 bits per heavy atom. The maximum absolute atomic E-state index is 13.1. The van der Waals surface area contributed by atoms with E-state index in [4.69, 9.17) is 0 Å². The van der Waals surface area contributed by atoms with E-state index in [9.17, 15) is 35.9 Å². The quantitative estimate of drug-likeness (QED) is 0.538. The van der Waals surface area contributed by atoms with Crippen LogP contribution >= 0.6 is 0 Å². The zero-order valence-electron chi connectivity index (χ0n) is 18.3. The van der Waals surface area contributed by atoms with Crippen LogP contribution in [0.3, 0.4) is 0 Å². The minimum atomic E-state index is -5.10. The average molecular weight is 501 g/mol. The first kappa shape index (κ1) is 25.6. The predicted molar refractivity (Wildman–Crippen MR) is 107 cm³/mol. The smallest absolute Gasteiger partial charge is 0.343 e. The Morgan fingerprint density at radius 1 is 0.914 bits per heavy atom. The summed E-state index contributed by atoms with van der Waals surface area (Å²) in [6.07, 6.45) is -8.00. The molecule has 3 rings (SSSR count). The summed E-state index contributed by atoms with van der Waals surface area (Å²) in [5, 5.41) is 6.27. The van der Waals surface area contributed by atoms with E-state index in [1.165, 1.54) is 32.0 Å². The number of hydrogen-bond donors (Lipinski definition) is 1. The predicted octanol–water partition coefficient (Wildman–Crippen LogP) is 3.29. The van der Waals surface area contributed by atoms with Crippen molar-refractivity contribution in [1.82, 2.24) is 34.9 Å². The number of hydrogen-bond acceptors (Lipinski definition) is 6. The van der Waals surface area contributed by atoms with Gasteiger partial charge in [0.05, 0.1) is 17.2 Å². The second-order valence-electron chi connectivity index (χ2n) is 7.48. The van der Waals surface area contributed by atoms with E-state index in [-0.39, 0.29) is 23.4 Å². The fraction of sp³-hybridized carbons (Fsp3) is 0.300. The molecule has 2 amide bonds. The molecule has 0 bridgehead atoms. The summed E-state index contributed by atoms with van der Waals surface area (Å²) < 4.78 is 79.8. The van der Waals surface area contributed by atoms with Crippen molar-refractivity contribution in [2.24, 2.45) is 0 Å². The standard InChI is InChI=1S/C20H17F6N7O2/c1-10(16-29-9-30-33(16)15-7-14(27-8-28-15)18(35)32(2)3)31-17(34)11-4-12(19(21,22)23)6-13(5-11)20(24,25)26/h4-10H,1-3H3,(H,31,34)/t10-/m0/s1. The number of rotatable bonds is 5. The molecular weight excluding hydrogens is 484 g/mol. The van der Waals surface area contributed by atoms with Crippen LogP contribution in [0.1, 0.15) is 50.8 Å². The van der Waals surface area contributed by atoms with Crippen molar-refractivity contribution < 1.29 is 35.9 Å². The van der Waals surface area contributed by atoms with E-state index in [1.54, 1.807) is 0 Å². The molecule has 1 atom stereocenters. The molecule has 2 aromatic heterocycles. The molecule has 0 saturated carbocycles. The molecule has 0 saturated heterocycles. The molecule has 3 aromatic rings. The van der Waals surface area contributed by atoms with Gasteiger partial charge in [0.2, 0.25) is 0 Å². The molecule has 0 aliphatic rings. The van der Waals surface area contributed by atoms with E-state index < -0.39 is 46.9 Å². The third kappa shape index (κ3) is 5.73. The van der Waals surface area contributed by atoms with Crippen molar-refractivity contribution >= 4 is 11.8 Å². The summed E-state index contributed by atoms with van der Waals surface area (Å²) in [5.41, 5.74) is -4.05. The number of carbonyl (C=O) groups is 2. The first-order chi connectivity index (χ1) is 16.2. The Labute approximate surface area is 193 Å². The molecule has 1 N–H and O–H groups in total. The largest absolute Gasteiger partial charge is 0.416 e. The molecule has 0 aliphatic heterocycles. The van der Waals surface area contributed by atoms with Crippen LogP contribution in [0.2, 0.25) is 0 Å². The number of carbonyl (C=O) groups excluding carboxylic acids is 2. The molecule has 0 radical (unpaired) electrons. The normalized spacial score (nSPS) is 12.8. The third-order valence-electron chi connectivity index (χ3n) is 4.65. The highest BCUT2D eigenvalue weighted by molar-refractivity contribution is 5.95. The van der Waals surface area contributed by atoms with Crippen molar-refractivity contribution in [2.75, 3.05) is 14.1 Å². The number of nitrogens with one attached hydrogen (secondary N) is 1. The Hall–Kier alpha value is -4.04. The summed E-state index contributed by atoms with van der Waals surface area (Å²) in [4.78, 5) is 37.9. The highest BCUT2D eigenvalue weighted by Gasteiger charge is 2.37. The molecule has 0 spiro atoms. The number of benzene rings is 1. The summed E-state index contributed by atoms with van der Waals surface area (Å²) >= 11 is 0. The van der Waals surface area contributed by atoms with E-state index in [2.05, 4.69) is 25.4 Å². The molecule has 1 aromatic carbocycles. The molecule has 0 fully saturated rings. The maximum Gasteiger partial charge on any atom is 0.416 e. The van der Waals surface area contributed by atoms with Gasteiger partial charge in [0.25, 0.3) is 11.8 Å². The van der Waals surface area contributed by atoms with Gasteiger partial charge < -0.3 is 10.2 Å². The summed E-state index contributed by atoms with van der Waals surface area (Å²) in [6.45, 7) is 1.39. The third-order valence-corrected chi connectivity index (χ3v) is 4.65. The van der Waals surface area contributed by atoms with Gasteiger partial charge in [-0.25, -0.2) is 15.0 Å². The molecular formula is C20H17F6N7O2. The maximum atomic E-state index is 13.1. The number of halogens is 6. The van der Waals surface area contributed by atoms with Crippen LogP contribution in [0.4, 0.5) is 26.3 Å². The summed E-state index contributed by atoms with van der Waals surface area (Å²) in [5.74, 6) is -1.49.